The van der Waals surface area contributed by atoms with Gasteiger partial charge in [-0.1, -0.05) is 11.6 Å². The van der Waals surface area contributed by atoms with Crippen LogP contribution in [0.25, 0.3) is 0 Å². The minimum atomic E-state index is -4.46. The third kappa shape index (κ3) is 4.13. The first-order valence-corrected chi connectivity index (χ1v) is 8.27. The molecule has 0 unspecified atom stereocenters. The van der Waals surface area contributed by atoms with Crippen molar-refractivity contribution < 1.29 is 17.6 Å². The van der Waals surface area contributed by atoms with Crippen LogP contribution in [0.4, 0.5) is 19.0 Å². The van der Waals surface area contributed by atoms with Gasteiger partial charge in [0.2, 0.25) is 5.89 Å². The van der Waals surface area contributed by atoms with Gasteiger partial charge in [0, 0.05) is 39.3 Å². The predicted molar refractivity (Wildman–Crippen MR) is 88.1 cm³/mol. The molecule has 3 rings (SSSR count). The number of anilines is 1. The fourth-order valence-corrected chi connectivity index (χ4v) is 3.11. The predicted octanol–water partition coefficient (Wildman–Crippen LogP) is 3.36. The summed E-state index contributed by atoms with van der Waals surface area (Å²) in [4.78, 5) is 8.20. The molecular formula is C14H15ClF3N5OS. The lowest BCUT2D eigenvalue weighted by Gasteiger charge is -2.35. The van der Waals surface area contributed by atoms with E-state index in [9.17, 15) is 13.2 Å². The van der Waals surface area contributed by atoms with Crippen LogP contribution in [0.15, 0.2) is 16.7 Å². The van der Waals surface area contributed by atoms with Gasteiger partial charge in [-0.25, -0.2) is 9.67 Å². The largest absolute Gasteiger partial charge is 0.417 e. The van der Waals surface area contributed by atoms with E-state index in [1.54, 1.807) is 11.6 Å². The van der Waals surface area contributed by atoms with Gasteiger partial charge in [-0.15, -0.1) is 5.10 Å². The number of aromatic nitrogens is 3. The molecule has 0 radical (unpaired) electrons. The smallest absolute Gasteiger partial charge is 0.414 e. The third-order valence-corrected chi connectivity index (χ3v) is 4.43. The van der Waals surface area contributed by atoms with Crippen molar-refractivity contribution in [2.24, 2.45) is 0 Å². The van der Waals surface area contributed by atoms with Crippen molar-refractivity contribution in [2.75, 3.05) is 31.1 Å². The zero-order valence-corrected chi connectivity index (χ0v) is 14.8. The molecule has 6 nitrogen and oxygen atoms in total. The summed E-state index contributed by atoms with van der Waals surface area (Å²) in [5, 5.41) is 4.18. The summed E-state index contributed by atoms with van der Waals surface area (Å²) in [7, 11) is 0. The molecule has 25 heavy (non-hydrogen) atoms. The summed E-state index contributed by atoms with van der Waals surface area (Å²) in [6.07, 6.45) is -3.65. The Hall–Kier alpha value is -1.65. The first-order chi connectivity index (χ1) is 11.7. The van der Waals surface area contributed by atoms with E-state index in [4.69, 9.17) is 28.2 Å². The molecule has 1 aliphatic rings. The summed E-state index contributed by atoms with van der Waals surface area (Å²) < 4.78 is 44.9. The highest BCUT2D eigenvalue weighted by Crippen LogP contribution is 2.33. The number of nitrogens with zero attached hydrogens (tertiary/aromatic N) is 5. The van der Waals surface area contributed by atoms with E-state index in [0.717, 1.165) is 12.3 Å². The minimum Gasteiger partial charge on any atom is -0.414 e. The summed E-state index contributed by atoms with van der Waals surface area (Å²) in [5.41, 5.74) is -0.851. The number of pyridine rings is 1. The van der Waals surface area contributed by atoms with Crippen LogP contribution in [0.5, 0.6) is 0 Å². The first-order valence-electron chi connectivity index (χ1n) is 7.48. The van der Waals surface area contributed by atoms with E-state index < -0.39 is 11.7 Å². The quantitative estimate of drug-likeness (QED) is 0.745. The fourth-order valence-electron chi connectivity index (χ4n) is 2.61. The van der Waals surface area contributed by atoms with Crippen LogP contribution in [0.3, 0.4) is 0 Å². The van der Waals surface area contributed by atoms with Gasteiger partial charge in [0.15, 0.2) is 0 Å². The average molecular weight is 394 g/mol. The monoisotopic (exact) mass is 393 g/mol. The lowest BCUT2D eigenvalue weighted by atomic mass is 10.2. The van der Waals surface area contributed by atoms with Crippen LogP contribution in [0.2, 0.25) is 5.02 Å². The Morgan fingerprint density at radius 2 is 1.96 bits per heavy atom. The van der Waals surface area contributed by atoms with Crippen molar-refractivity contribution in [3.05, 3.63) is 33.6 Å². The number of hydrogen-bond donors (Lipinski definition) is 0. The second kappa shape index (κ2) is 6.93. The number of rotatable bonds is 3. The lowest BCUT2D eigenvalue weighted by molar-refractivity contribution is -0.137. The molecule has 1 saturated heterocycles. The Morgan fingerprint density at radius 3 is 2.48 bits per heavy atom. The van der Waals surface area contributed by atoms with Gasteiger partial charge in [0.05, 0.1) is 17.3 Å². The normalized spacial score (nSPS) is 16.4. The zero-order chi connectivity index (χ0) is 18.2. The molecule has 11 heteroatoms. The highest BCUT2D eigenvalue weighted by Gasteiger charge is 2.32. The topological polar surface area (TPSA) is 50.3 Å². The van der Waals surface area contributed by atoms with Crippen LogP contribution < -0.4 is 4.90 Å². The summed E-state index contributed by atoms with van der Waals surface area (Å²) in [6, 6.07) is 0.910. The Bertz CT molecular complexity index is 814. The molecule has 0 saturated carbocycles. The van der Waals surface area contributed by atoms with Gasteiger partial charge in [-0.3, -0.25) is 4.90 Å². The van der Waals surface area contributed by atoms with Crippen molar-refractivity contribution in [2.45, 2.75) is 19.8 Å². The van der Waals surface area contributed by atoms with Gasteiger partial charge in [0.1, 0.15) is 5.82 Å². The molecule has 0 aromatic carbocycles. The van der Waals surface area contributed by atoms with Crippen molar-refractivity contribution in [3.8, 4) is 0 Å². The highest BCUT2D eigenvalue weighted by atomic mass is 35.5. The van der Waals surface area contributed by atoms with E-state index in [2.05, 4.69) is 15.0 Å². The molecule has 0 N–H and O–H groups in total. The van der Waals surface area contributed by atoms with Gasteiger partial charge >= 0.3 is 6.18 Å². The number of hydrogen-bond acceptors (Lipinski definition) is 6. The maximum atomic E-state index is 12.7. The van der Waals surface area contributed by atoms with Gasteiger partial charge in [-0.05, 0) is 18.3 Å². The summed E-state index contributed by atoms with van der Waals surface area (Å²) >= 11 is 11.1. The van der Waals surface area contributed by atoms with E-state index in [1.807, 2.05) is 4.90 Å². The summed E-state index contributed by atoms with van der Waals surface area (Å²) in [6.45, 7) is 4.74. The molecule has 0 spiro atoms. The molecular weight excluding hydrogens is 379 g/mol. The van der Waals surface area contributed by atoms with Crippen molar-refractivity contribution in [1.82, 2.24) is 19.7 Å². The average Bonchev–Trinajstić information content (AvgIpc) is 2.85. The molecule has 0 bridgehead atoms. The first kappa shape index (κ1) is 18.2. The number of halogens is 4. The van der Waals surface area contributed by atoms with Gasteiger partial charge in [-0.2, -0.15) is 13.2 Å². The lowest BCUT2D eigenvalue weighted by Crippen LogP contribution is -2.47. The Morgan fingerprint density at radius 1 is 1.28 bits per heavy atom. The van der Waals surface area contributed by atoms with Crippen LogP contribution in [-0.4, -0.2) is 45.8 Å². The third-order valence-electron chi connectivity index (χ3n) is 3.86. The molecule has 136 valence electrons. The van der Waals surface area contributed by atoms with Crippen molar-refractivity contribution >= 4 is 29.6 Å². The highest BCUT2D eigenvalue weighted by molar-refractivity contribution is 7.71. The molecule has 0 amide bonds. The van der Waals surface area contributed by atoms with Crippen LogP contribution in [-0.2, 0) is 12.8 Å². The standard InChI is InChI=1S/C14H15ClF3N5OS/c1-9-20-23(13(25)24-9)8-21-2-4-22(5-3-21)12-11(15)6-10(7-19-12)14(16,17)18/h6-7H,2-5,8H2,1H3. The second-order valence-corrected chi connectivity index (χ2v) is 6.42. The molecule has 0 aliphatic carbocycles. The van der Waals surface area contributed by atoms with E-state index in [0.29, 0.717) is 49.4 Å². The van der Waals surface area contributed by atoms with Crippen molar-refractivity contribution in [3.63, 3.8) is 0 Å². The Balaban J connectivity index is 1.64. The molecule has 1 aliphatic heterocycles. The molecule has 1 fully saturated rings. The number of piperazine rings is 1. The fraction of sp³-hybridized carbons (Fsp3) is 0.500. The molecule has 2 aromatic rings. The van der Waals surface area contributed by atoms with Crippen molar-refractivity contribution in [1.29, 1.82) is 0 Å². The number of aryl methyl sites for hydroxylation is 1. The van der Waals surface area contributed by atoms with Crippen LogP contribution in [0.1, 0.15) is 11.5 Å². The Kier molecular flexibility index (Phi) is 5.03. The SMILES string of the molecule is Cc1nn(CN2CCN(c3ncc(C(F)(F)F)cc3Cl)CC2)c(=S)o1. The molecule has 2 aromatic heterocycles. The zero-order valence-electron chi connectivity index (χ0n) is 13.3. The van der Waals surface area contributed by atoms with E-state index in [-0.39, 0.29) is 5.02 Å². The molecule has 0 atom stereocenters. The van der Waals surface area contributed by atoms with Gasteiger partial charge in [0.25, 0.3) is 4.84 Å². The summed E-state index contributed by atoms with van der Waals surface area (Å²) in [5.74, 6) is 0.868. The maximum absolute atomic E-state index is 12.7. The van der Waals surface area contributed by atoms with Crippen LogP contribution in [0, 0.1) is 11.8 Å². The van der Waals surface area contributed by atoms with E-state index >= 15 is 0 Å². The Labute approximate surface area is 151 Å². The second-order valence-electron chi connectivity index (χ2n) is 5.66. The van der Waals surface area contributed by atoms with Gasteiger partial charge < -0.3 is 9.32 Å². The van der Waals surface area contributed by atoms with E-state index in [1.165, 1.54) is 0 Å². The maximum Gasteiger partial charge on any atom is 0.417 e. The number of alkyl halides is 3. The molecule has 3 heterocycles. The van der Waals surface area contributed by atoms with Crippen LogP contribution >= 0.6 is 23.8 Å². The minimum absolute atomic E-state index is 0.00220.